The molecule has 1 saturated heterocycles. The van der Waals surface area contributed by atoms with Crippen LogP contribution in [-0.2, 0) is 4.79 Å². The largest absolute Gasteiger partial charge is 0.495 e. The van der Waals surface area contributed by atoms with Crippen molar-refractivity contribution in [3.63, 3.8) is 0 Å². The van der Waals surface area contributed by atoms with Gasteiger partial charge in [-0.25, -0.2) is 5.43 Å². The zero-order valence-corrected chi connectivity index (χ0v) is 18.0. The van der Waals surface area contributed by atoms with Crippen LogP contribution >= 0.6 is 23.5 Å². The van der Waals surface area contributed by atoms with Crippen molar-refractivity contribution in [2.45, 2.75) is 16.7 Å². The van der Waals surface area contributed by atoms with Gasteiger partial charge >= 0.3 is 0 Å². The highest BCUT2D eigenvalue weighted by molar-refractivity contribution is 8.18. The van der Waals surface area contributed by atoms with Gasteiger partial charge in [-0.3, -0.25) is 19.9 Å². The van der Waals surface area contributed by atoms with E-state index in [4.69, 9.17) is 4.74 Å². The number of carbonyl (C=O) groups is 2. The van der Waals surface area contributed by atoms with Gasteiger partial charge in [0, 0.05) is 18.4 Å². The molecule has 6 nitrogen and oxygen atoms in total. The number of hydrogen-bond donors (Lipinski definition) is 2. The number of nitrogens with zero attached hydrogens (tertiary/aromatic N) is 1. The molecule has 0 aromatic heterocycles. The lowest BCUT2D eigenvalue weighted by atomic mass is 10.1. The number of amides is 2. The molecule has 2 aliphatic heterocycles. The molecule has 8 heteroatoms. The smallest absolute Gasteiger partial charge is 0.290 e. The Labute approximate surface area is 183 Å². The summed E-state index contributed by atoms with van der Waals surface area (Å²) >= 11 is 2.67. The molecule has 2 N–H and O–H groups in total. The van der Waals surface area contributed by atoms with Crippen molar-refractivity contribution in [1.82, 2.24) is 10.7 Å². The fraction of sp³-hybridized carbons (Fsp3) is 0.182. The molecule has 0 saturated carbocycles. The van der Waals surface area contributed by atoms with Crippen LogP contribution in [0, 0.1) is 11.8 Å². The number of fused-ring (bicyclic) bond motifs is 1. The maximum Gasteiger partial charge on any atom is 0.290 e. The van der Waals surface area contributed by atoms with Crippen LogP contribution in [0.15, 0.2) is 52.3 Å². The minimum absolute atomic E-state index is 0.167. The van der Waals surface area contributed by atoms with E-state index in [1.165, 1.54) is 4.90 Å². The van der Waals surface area contributed by atoms with E-state index >= 15 is 0 Å². The highest BCUT2D eigenvalue weighted by Crippen LogP contribution is 2.43. The third-order valence-corrected chi connectivity index (χ3v) is 6.64. The van der Waals surface area contributed by atoms with E-state index in [9.17, 15) is 9.59 Å². The predicted octanol–water partition coefficient (Wildman–Crippen LogP) is 3.83. The van der Waals surface area contributed by atoms with Crippen molar-refractivity contribution in [1.29, 1.82) is 0 Å². The van der Waals surface area contributed by atoms with E-state index in [0.717, 1.165) is 28.6 Å². The Hall–Kier alpha value is -2.86. The molecule has 2 aliphatic rings. The van der Waals surface area contributed by atoms with Crippen molar-refractivity contribution in [3.8, 4) is 17.6 Å². The van der Waals surface area contributed by atoms with E-state index in [2.05, 4.69) is 39.7 Å². The summed E-state index contributed by atoms with van der Waals surface area (Å²) in [5, 5.41) is 4.19. The van der Waals surface area contributed by atoms with Crippen LogP contribution in [0.3, 0.4) is 0 Å². The molecular formula is C22H19N3O3S2. The molecule has 30 heavy (non-hydrogen) atoms. The number of rotatable bonds is 4. The first-order chi connectivity index (χ1) is 14.6. The van der Waals surface area contributed by atoms with E-state index in [1.54, 1.807) is 24.9 Å². The van der Waals surface area contributed by atoms with Gasteiger partial charge in [0.1, 0.15) is 11.1 Å². The summed E-state index contributed by atoms with van der Waals surface area (Å²) in [6.45, 7) is 0. The Morgan fingerprint density at radius 3 is 2.83 bits per heavy atom. The van der Waals surface area contributed by atoms with Crippen LogP contribution in [0.4, 0.5) is 10.5 Å². The van der Waals surface area contributed by atoms with Crippen molar-refractivity contribution in [3.05, 3.63) is 58.5 Å². The lowest BCUT2D eigenvalue weighted by Gasteiger charge is -2.23. The normalized spacial score (nSPS) is 18.8. The molecule has 4 rings (SSSR count). The molecule has 1 fully saturated rings. The second-order valence-electron chi connectivity index (χ2n) is 6.45. The molecule has 2 aromatic rings. The fourth-order valence-electron chi connectivity index (χ4n) is 3.23. The first kappa shape index (κ1) is 20.4. The lowest BCUT2D eigenvalue weighted by molar-refractivity contribution is -0.115. The average Bonchev–Trinajstić information content (AvgIpc) is 3.26. The van der Waals surface area contributed by atoms with Gasteiger partial charge < -0.3 is 4.74 Å². The molecule has 0 aliphatic carbocycles. The summed E-state index contributed by atoms with van der Waals surface area (Å²) in [5.74, 6) is 6.75. The first-order valence-corrected chi connectivity index (χ1v) is 10.9. The number of thioether (sulfide) groups is 2. The maximum atomic E-state index is 11.8. The number of imide groups is 1. The van der Waals surface area contributed by atoms with Crippen LogP contribution in [0.25, 0.3) is 6.08 Å². The maximum absolute atomic E-state index is 11.8. The Morgan fingerprint density at radius 1 is 1.27 bits per heavy atom. The molecule has 2 aromatic carbocycles. The minimum atomic E-state index is -0.376. The van der Waals surface area contributed by atoms with Crippen molar-refractivity contribution in [2.75, 3.05) is 19.2 Å². The summed E-state index contributed by atoms with van der Waals surface area (Å²) in [7, 11) is 3.51. The van der Waals surface area contributed by atoms with Gasteiger partial charge in [-0.15, -0.1) is 0 Å². The summed E-state index contributed by atoms with van der Waals surface area (Å²) in [5.41, 5.74) is 5.92. The van der Waals surface area contributed by atoms with Gasteiger partial charge in [-0.05, 0) is 47.7 Å². The van der Waals surface area contributed by atoms with Crippen LogP contribution in [0.1, 0.15) is 17.5 Å². The van der Waals surface area contributed by atoms with Crippen molar-refractivity contribution < 1.29 is 14.3 Å². The number of benzene rings is 2. The van der Waals surface area contributed by atoms with Crippen molar-refractivity contribution >= 4 is 46.4 Å². The van der Waals surface area contributed by atoms with Gasteiger partial charge in [0.25, 0.3) is 11.1 Å². The second kappa shape index (κ2) is 8.88. The number of hydrogen-bond acceptors (Lipinski definition) is 7. The number of carbonyl (C=O) groups excluding carboxylic acids is 2. The Balaban J connectivity index is 1.54. The van der Waals surface area contributed by atoms with Crippen molar-refractivity contribution in [2.24, 2.45) is 0 Å². The molecular weight excluding hydrogens is 418 g/mol. The fourth-order valence-corrected chi connectivity index (χ4v) is 5.14. The number of hydrazine groups is 1. The van der Waals surface area contributed by atoms with Gasteiger partial charge in [-0.1, -0.05) is 41.8 Å². The molecule has 152 valence electrons. The number of nitrogens with one attached hydrogen (secondary N) is 2. The van der Waals surface area contributed by atoms with Gasteiger partial charge in [0.15, 0.2) is 0 Å². The van der Waals surface area contributed by atoms with Gasteiger partial charge in [0.05, 0.1) is 23.3 Å². The Morgan fingerprint density at radius 2 is 2.10 bits per heavy atom. The third kappa shape index (κ3) is 4.19. The summed E-state index contributed by atoms with van der Waals surface area (Å²) < 4.78 is 5.43. The highest BCUT2D eigenvalue weighted by atomic mass is 32.2. The van der Waals surface area contributed by atoms with Gasteiger partial charge in [-0.2, -0.15) is 0 Å². The number of ether oxygens (including phenoxy) is 1. The summed E-state index contributed by atoms with van der Waals surface area (Å²) in [6.07, 6.45) is 2.34. The highest BCUT2D eigenvalue weighted by Gasteiger charge is 2.28. The first-order valence-electron chi connectivity index (χ1n) is 9.23. The summed E-state index contributed by atoms with van der Waals surface area (Å²) in [4.78, 5) is 24.7. The number of para-hydroxylation sites is 1. The van der Waals surface area contributed by atoms with Crippen LogP contribution < -0.4 is 20.5 Å². The molecule has 1 unspecified atom stereocenters. The van der Waals surface area contributed by atoms with Crippen LogP contribution in [-0.4, -0.2) is 30.7 Å². The molecule has 0 bridgehead atoms. The van der Waals surface area contributed by atoms with E-state index in [0.29, 0.717) is 17.1 Å². The van der Waals surface area contributed by atoms with Gasteiger partial charge in [0.2, 0.25) is 0 Å². The second-order valence-corrected chi connectivity index (χ2v) is 8.69. The van der Waals surface area contributed by atoms with Crippen LogP contribution in [0.5, 0.6) is 5.75 Å². The minimum Gasteiger partial charge on any atom is -0.495 e. The lowest BCUT2D eigenvalue weighted by Crippen LogP contribution is -2.39. The molecule has 2 heterocycles. The standard InChI is InChI=1S/C22H19N3O3S2/c1-23-25-16-7-3-4-8-18(16)29-20(25)9-5-6-15-12-14(10-11-17(15)28-2)13-19-21(26)24-22(27)30-19/h3-4,7-8,10-13,20,23H,9H2,1-2H3,(H,24,26,27). The van der Waals surface area contributed by atoms with Crippen LogP contribution in [0.2, 0.25) is 0 Å². The molecule has 2 amide bonds. The zero-order chi connectivity index (χ0) is 21.1. The summed E-state index contributed by atoms with van der Waals surface area (Å²) in [6, 6.07) is 13.8. The van der Waals surface area contributed by atoms with E-state index in [1.807, 2.05) is 37.4 Å². The Bertz CT molecular complexity index is 1100. The average molecular weight is 438 g/mol. The molecule has 0 spiro atoms. The number of anilines is 1. The van der Waals surface area contributed by atoms with E-state index < -0.39 is 0 Å². The van der Waals surface area contributed by atoms with E-state index in [-0.39, 0.29) is 16.5 Å². The SMILES string of the molecule is CNN1c2ccccc2SC1CC#Cc1cc(C=C2SC(=O)NC2=O)ccc1OC. The predicted molar refractivity (Wildman–Crippen MR) is 121 cm³/mol. The molecule has 0 radical (unpaired) electrons. The number of methoxy groups -OCH3 is 1. The Kier molecular flexibility index (Phi) is 6.04. The quantitative estimate of drug-likeness (QED) is 0.556. The third-order valence-electron chi connectivity index (χ3n) is 4.58. The zero-order valence-electron chi connectivity index (χ0n) is 16.4. The molecule has 1 atom stereocenters. The topological polar surface area (TPSA) is 70.7 Å². The monoisotopic (exact) mass is 437 g/mol.